The predicted molar refractivity (Wildman–Crippen MR) is 67.4 cm³/mol. The third kappa shape index (κ3) is 2.90. The van der Waals surface area contributed by atoms with Crippen LogP contribution in [-0.4, -0.2) is 37.5 Å². The number of rotatable bonds is 5. The SMILES string of the molecule is CCN(CCO)S(=O)(=O)c1c(N)cccc1Cl. The summed E-state index contributed by atoms with van der Waals surface area (Å²) in [6, 6.07) is 4.53. The van der Waals surface area contributed by atoms with Crippen molar-refractivity contribution in [2.45, 2.75) is 11.8 Å². The smallest absolute Gasteiger partial charge is 0.246 e. The largest absolute Gasteiger partial charge is 0.398 e. The molecule has 0 aliphatic heterocycles. The van der Waals surface area contributed by atoms with Crippen molar-refractivity contribution in [3.05, 3.63) is 23.2 Å². The van der Waals surface area contributed by atoms with Crippen LogP contribution in [0.3, 0.4) is 0 Å². The maximum atomic E-state index is 12.2. The molecule has 0 aliphatic rings. The van der Waals surface area contributed by atoms with Gasteiger partial charge in [0.15, 0.2) is 0 Å². The summed E-state index contributed by atoms with van der Waals surface area (Å²) >= 11 is 5.87. The number of aliphatic hydroxyl groups is 1. The van der Waals surface area contributed by atoms with Gasteiger partial charge in [-0.05, 0) is 12.1 Å². The summed E-state index contributed by atoms with van der Waals surface area (Å²) in [6.07, 6.45) is 0. The molecule has 5 nitrogen and oxygen atoms in total. The quantitative estimate of drug-likeness (QED) is 0.785. The number of hydrogen-bond donors (Lipinski definition) is 2. The summed E-state index contributed by atoms with van der Waals surface area (Å²) in [6.45, 7) is 1.69. The average molecular weight is 279 g/mol. The number of likely N-dealkylation sites (N-methyl/N-ethyl adjacent to an activating group) is 1. The number of sulfonamides is 1. The summed E-state index contributed by atoms with van der Waals surface area (Å²) in [5.74, 6) is 0. The Bertz CT molecular complexity index is 470. The van der Waals surface area contributed by atoms with Crippen molar-refractivity contribution in [1.29, 1.82) is 0 Å². The first kappa shape index (κ1) is 14.2. The lowest BCUT2D eigenvalue weighted by Crippen LogP contribution is -2.34. The molecule has 1 aromatic carbocycles. The van der Waals surface area contributed by atoms with Gasteiger partial charge in [0.2, 0.25) is 10.0 Å². The molecule has 0 spiro atoms. The van der Waals surface area contributed by atoms with E-state index in [1.54, 1.807) is 13.0 Å². The summed E-state index contributed by atoms with van der Waals surface area (Å²) in [5.41, 5.74) is 5.75. The molecule has 0 saturated heterocycles. The monoisotopic (exact) mass is 278 g/mol. The second kappa shape index (κ2) is 5.68. The molecule has 0 heterocycles. The molecule has 7 heteroatoms. The third-order valence-electron chi connectivity index (χ3n) is 2.30. The Morgan fingerprint density at radius 2 is 2.12 bits per heavy atom. The van der Waals surface area contributed by atoms with Gasteiger partial charge in [0.1, 0.15) is 4.90 Å². The van der Waals surface area contributed by atoms with Crippen molar-refractivity contribution in [3.63, 3.8) is 0 Å². The lowest BCUT2D eigenvalue weighted by atomic mass is 10.3. The fourth-order valence-corrected chi connectivity index (χ4v) is 3.56. The molecule has 0 radical (unpaired) electrons. The Morgan fingerprint density at radius 1 is 1.47 bits per heavy atom. The molecule has 0 aliphatic carbocycles. The van der Waals surface area contributed by atoms with Crippen LogP contribution in [0.4, 0.5) is 5.69 Å². The van der Waals surface area contributed by atoms with E-state index in [0.717, 1.165) is 4.31 Å². The normalized spacial score (nSPS) is 12.0. The van der Waals surface area contributed by atoms with Crippen molar-refractivity contribution < 1.29 is 13.5 Å². The van der Waals surface area contributed by atoms with Crippen LogP contribution in [0.5, 0.6) is 0 Å². The molecule has 0 fully saturated rings. The first-order chi connectivity index (χ1) is 7.95. The van der Waals surface area contributed by atoms with E-state index in [1.807, 2.05) is 0 Å². The van der Waals surface area contributed by atoms with Gasteiger partial charge >= 0.3 is 0 Å². The third-order valence-corrected chi connectivity index (χ3v) is 4.82. The summed E-state index contributed by atoms with van der Waals surface area (Å²) < 4.78 is 25.6. The minimum absolute atomic E-state index is 0.0174. The molecule has 96 valence electrons. The highest BCUT2D eigenvalue weighted by atomic mass is 35.5. The van der Waals surface area contributed by atoms with Crippen LogP contribution in [0.15, 0.2) is 23.1 Å². The summed E-state index contributed by atoms with van der Waals surface area (Å²) in [5, 5.41) is 8.93. The second-order valence-corrected chi connectivity index (χ2v) is 5.66. The lowest BCUT2D eigenvalue weighted by Gasteiger charge is -2.20. The first-order valence-corrected chi connectivity index (χ1v) is 6.92. The van der Waals surface area contributed by atoms with E-state index < -0.39 is 10.0 Å². The summed E-state index contributed by atoms with van der Waals surface area (Å²) in [7, 11) is -3.76. The van der Waals surface area contributed by atoms with Crippen LogP contribution in [0, 0.1) is 0 Å². The van der Waals surface area contributed by atoms with E-state index >= 15 is 0 Å². The second-order valence-electron chi connectivity index (χ2n) is 3.38. The van der Waals surface area contributed by atoms with E-state index in [-0.39, 0.29) is 35.3 Å². The van der Waals surface area contributed by atoms with Crippen LogP contribution < -0.4 is 5.73 Å². The number of nitrogens with two attached hydrogens (primary N) is 1. The summed E-state index contributed by atoms with van der Waals surface area (Å²) in [4.78, 5) is -0.100. The standard InChI is InChI=1S/C10H15ClN2O3S/c1-2-13(6-7-14)17(15,16)10-8(11)4-3-5-9(10)12/h3-5,14H,2,6-7,12H2,1H3. The fourth-order valence-electron chi connectivity index (χ4n) is 1.49. The Balaban J connectivity index is 3.30. The number of halogens is 1. The Morgan fingerprint density at radius 3 is 2.59 bits per heavy atom. The van der Waals surface area contributed by atoms with Crippen LogP contribution in [0.1, 0.15) is 6.92 Å². The molecule has 0 saturated carbocycles. The van der Waals surface area contributed by atoms with Crippen molar-refractivity contribution in [2.75, 3.05) is 25.4 Å². The first-order valence-electron chi connectivity index (χ1n) is 5.10. The van der Waals surface area contributed by atoms with Gasteiger partial charge < -0.3 is 10.8 Å². The lowest BCUT2D eigenvalue weighted by molar-refractivity contribution is 0.257. The van der Waals surface area contributed by atoms with E-state index in [2.05, 4.69) is 0 Å². The Hall–Kier alpha value is -0.820. The molecule has 0 amide bonds. The molecule has 0 bridgehead atoms. The van der Waals surface area contributed by atoms with E-state index in [4.69, 9.17) is 22.4 Å². The van der Waals surface area contributed by atoms with Gasteiger partial charge in [-0.3, -0.25) is 0 Å². The molecule has 3 N–H and O–H groups in total. The molecule has 1 aromatic rings. The van der Waals surface area contributed by atoms with Gasteiger partial charge in [-0.15, -0.1) is 0 Å². The van der Waals surface area contributed by atoms with Gasteiger partial charge in [-0.2, -0.15) is 4.31 Å². The molecule has 0 unspecified atom stereocenters. The average Bonchev–Trinajstić information content (AvgIpc) is 2.24. The number of hydrogen-bond acceptors (Lipinski definition) is 4. The molecular formula is C10H15ClN2O3S. The highest BCUT2D eigenvalue weighted by Crippen LogP contribution is 2.29. The van der Waals surface area contributed by atoms with Crippen LogP contribution in [-0.2, 0) is 10.0 Å². The maximum absolute atomic E-state index is 12.2. The highest BCUT2D eigenvalue weighted by Gasteiger charge is 2.27. The predicted octanol–water partition coefficient (Wildman–Crippen LogP) is 0.925. The van der Waals surface area contributed by atoms with Crippen molar-refractivity contribution in [2.24, 2.45) is 0 Å². The van der Waals surface area contributed by atoms with Gasteiger partial charge in [-0.25, -0.2) is 8.42 Å². The van der Waals surface area contributed by atoms with Crippen molar-refractivity contribution in [1.82, 2.24) is 4.31 Å². The Kier molecular flexibility index (Phi) is 4.76. The number of nitrogens with zero attached hydrogens (tertiary/aromatic N) is 1. The number of anilines is 1. The van der Waals surface area contributed by atoms with Crippen LogP contribution >= 0.6 is 11.6 Å². The number of nitrogen functional groups attached to an aromatic ring is 1. The number of aliphatic hydroxyl groups excluding tert-OH is 1. The molecule has 17 heavy (non-hydrogen) atoms. The number of benzene rings is 1. The van der Waals surface area contributed by atoms with Crippen molar-refractivity contribution in [3.8, 4) is 0 Å². The van der Waals surface area contributed by atoms with E-state index in [0.29, 0.717) is 0 Å². The van der Waals surface area contributed by atoms with Gasteiger partial charge in [0.05, 0.1) is 17.3 Å². The zero-order valence-electron chi connectivity index (χ0n) is 9.43. The molecule has 1 rings (SSSR count). The topological polar surface area (TPSA) is 83.6 Å². The molecule has 0 aromatic heterocycles. The van der Waals surface area contributed by atoms with Crippen LogP contribution in [0.2, 0.25) is 5.02 Å². The zero-order chi connectivity index (χ0) is 13.1. The minimum atomic E-state index is -3.76. The fraction of sp³-hybridized carbons (Fsp3) is 0.400. The van der Waals surface area contributed by atoms with Gasteiger partial charge in [0.25, 0.3) is 0 Å². The maximum Gasteiger partial charge on any atom is 0.246 e. The van der Waals surface area contributed by atoms with E-state index in [1.165, 1.54) is 12.1 Å². The van der Waals surface area contributed by atoms with Gasteiger partial charge in [0, 0.05) is 13.1 Å². The van der Waals surface area contributed by atoms with E-state index in [9.17, 15) is 8.42 Å². The van der Waals surface area contributed by atoms with Crippen LogP contribution in [0.25, 0.3) is 0 Å². The minimum Gasteiger partial charge on any atom is -0.398 e. The van der Waals surface area contributed by atoms with Gasteiger partial charge in [-0.1, -0.05) is 24.6 Å². The highest BCUT2D eigenvalue weighted by molar-refractivity contribution is 7.89. The van der Waals surface area contributed by atoms with Crippen molar-refractivity contribution >= 4 is 27.3 Å². The zero-order valence-corrected chi connectivity index (χ0v) is 11.0. The molecular weight excluding hydrogens is 264 g/mol. The Labute approximate surface area is 106 Å². The molecule has 0 atom stereocenters.